The van der Waals surface area contributed by atoms with Crippen LogP contribution in [-0.4, -0.2) is 0 Å². The van der Waals surface area contributed by atoms with Gasteiger partial charge in [0, 0.05) is 3.92 Å². The lowest BCUT2D eigenvalue weighted by Crippen LogP contribution is -1.94. The summed E-state index contributed by atoms with van der Waals surface area (Å²) in [5, 5.41) is 0. The van der Waals surface area contributed by atoms with Crippen molar-refractivity contribution in [1.29, 1.82) is 0 Å². The van der Waals surface area contributed by atoms with Crippen LogP contribution in [0.5, 0.6) is 0 Å². The molecule has 0 fully saturated rings. The summed E-state index contributed by atoms with van der Waals surface area (Å²) in [6.07, 6.45) is 0. The highest BCUT2D eigenvalue weighted by molar-refractivity contribution is 14.1. The van der Waals surface area contributed by atoms with E-state index in [1.807, 2.05) is 6.07 Å². The molecule has 0 spiro atoms. The molecule has 0 amide bonds. The summed E-state index contributed by atoms with van der Waals surface area (Å²) >= 11 is 2.45. The van der Waals surface area contributed by atoms with Crippen LogP contribution in [-0.2, 0) is 0 Å². The molecule has 0 nitrogen and oxygen atoms in total. The minimum absolute atomic E-state index is 0.490. The van der Waals surface area contributed by atoms with E-state index in [-0.39, 0.29) is 0 Å². The molecule has 2 aromatic rings. The van der Waals surface area contributed by atoms with E-state index in [2.05, 4.69) is 84.6 Å². The summed E-state index contributed by atoms with van der Waals surface area (Å²) in [4.78, 5) is 0. The van der Waals surface area contributed by atoms with Gasteiger partial charge in [-0.05, 0) is 29.2 Å². The third-order valence-electron chi connectivity index (χ3n) is 2.84. The van der Waals surface area contributed by atoms with E-state index in [0.29, 0.717) is 3.92 Å². The maximum Gasteiger partial charge on any atom is 0.0337 e. The van der Waals surface area contributed by atoms with Gasteiger partial charge in [0.25, 0.3) is 0 Å². The molecule has 2 aromatic carbocycles. The van der Waals surface area contributed by atoms with Gasteiger partial charge in [0.05, 0.1) is 0 Å². The van der Waals surface area contributed by atoms with E-state index >= 15 is 0 Å². The van der Waals surface area contributed by atoms with Crippen molar-refractivity contribution in [3.63, 3.8) is 0 Å². The Bertz CT molecular complexity index is 512. The van der Waals surface area contributed by atoms with Crippen LogP contribution in [0.25, 0.3) is 5.57 Å². The molecule has 1 unspecified atom stereocenters. The molecule has 0 saturated heterocycles. The Morgan fingerprint density at radius 3 is 2.24 bits per heavy atom. The summed E-state index contributed by atoms with van der Waals surface area (Å²) < 4.78 is 0.490. The first-order valence-corrected chi connectivity index (χ1v) is 6.92. The summed E-state index contributed by atoms with van der Waals surface area (Å²) in [5.74, 6) is 0. The molecule has 0 aliphatic rings. The van der Waals surface area contributed by atoms with Crippen molar-refractivity contribution in [3.05, 3.63) is 77.9 Å². The first kappa shape index (κ1) is 12.4. The van der Waals surface area contributed by atoms with Gasteiger partial charge in [0.15, 0.2) is 0 Å². The average Bonchev–Trinajstić information content (AvgIpc) is 2.39. The number of rotatable bonds is 3. The molecule has 86 valence electrons. The van der Waals surface area contributed by atoms with Crippen LogP contribution in [0.4, 0.5) is 0 Å². The van der Waals surface area contributed by atoms with Crippen LogP contribution < -0.4 is 0 Å². The predicted molar refractivity (Wildman–Crippen MR) is 83.5 cm³/mol. The molecule has 0 radical (unpaired) electrons. The van der Waals surface area contributed by atoms with Gasteiger partial charge in [0.2, 0.25) is 0 Å². The second-order valence-corrected chi connectivity index (χ2v) is 5.92. The highest BCUT2D eigenvalue weighted by Crippen LogP contribution is 2.32. The second-order valence-electron chi connectivity index (χ2n) is 4.05. The number of hydrogen-bond acceptors (Lipinski definition) is 0. The normalized spacial score (nSPS) is 12.1. The minimum atomic E-state index is 0.490. The molecule has 0 saturated carbocycles. The predicted octanol–water partition coefficient (Wildman–Crippen LogP) is 5.24. The highest BCUT2D eigenvalue weighted by Gasteiger charge is 2.10. The quantitative estimate of drug-likeness (QED) is 0.532. The Kier molecular flexibility index (Phi) is 4.00. The SMILES string of the molecule is C=C(c1ccccc1)c1ccccc1C(C)I. The van der Waals surface area contributed by atoms with Crippen LogP contribution in [0.1, 0.15) is 27.5 Å². The lowest BCUT2D eigenvalue weighted by molar-refractivity contribution is 1.14. The third kappa shape index (κ3) is 2.78. The van der Waals surface area contributed by atoms with Crippen LogP contribution in [0.3, 0.4) is 0 Å². The molecule has 0 aliphatic heterocycles. The van der Waals surface area contributed by atoms with Crippen molar-refractivity contribution in [2.45, 2.75) is 10.8 Å². The van der Waals surface area contributed by atoms with Gasteiger partial charge in [-0.3, -0.25) is 0 Å². The average molecular weight is 334 g/mol. The standard InChI is InChI=1S/C16H15I/c1-12(14-8-4-3-5-9-14)15-10-6-7-11-16(15)13(2)17/h3-11,13H,1H2,2H3. The number of halogens is 1. The number of benzene rings is 2. The molecular weight excluding hydrogens is 319 g/mol. The van der Waals surface area contributed by atoms with Crippen LogP contribution in [0, 0.1) is 0 Å². The zero-order valence-corrected chi connectivity index (χ0v) is 12.0. The Hall–Kier alpha value is -1.09. The van der Waals surface area contributed by atoms with Gasteiger partial charge in [-0.15, -0.1) is 0 Å². The van der Waals surface area contributed by atoms with Gasteiger partial charge in [0.1, 0.15) is 0 Å². The van der Waals surface area contributed by atoms with Crippen LogP contribution in [0.2, 0.25) is 0 Å². The topological polar surface area (TPSA) is 0 Å². The van der Waals surface area contributed by atoms with Gasteiger partial charge in [-0.25, -0.2) is 0 Å². The molecule has 0 aromatic heterocycles. The van der Waals surface area contributed by atoms with E-state index < -0.39 is 0 Å². The van der Waals surface area contributed by atoms with Crippen LogP contribution in [0.15, 0.2) is 61.2 Å². The number of alkyl halides is 1. The molecule has 0 aliphatic carbocycles. The van der Waals surface area contributed by atoms with Crippen molar-refractivity contribution >= 4 is 28.2 Å². The van der Waals surface area contributed by atoms with Crippen molar-refractivity contribution in [1.82, 2.24) is 0 Å². The molecule has 1 atom stereocenters. The highest BCUT2D eigenvalue weighted by atomic mass is 127. The van der Waals surface area contributed by atoms with Crippen molar-refractivity contribution in [2.24, 2.45) is 0 Å². The third-order valence-corrected chi connectivity index (χ3v) is 3.51. The summed E-state index contributed by atoms with van der Waals surface area (Å²) in [5.41, 5.74) is 4.89. The molecule has 0 heterocycles. The van der Waals surface area contributed by atoms with Gasteiger partial charge in [-0.2, -0.15) is 0 Å². The molecule has 1 heteroatoms. The Morgan fingerprint density at radius 1 is 1.00 bits per heavy atom. The molecular formula is C16H15I. The summed E-state index contributed by atoms with van der Waals surface area (Å²) in [6, 6.07) is 18.9. The summed E-state index contributed by atoms with van der Waals surface area (Å²) in [7, 11) is 0. The molecule has 0 bridgehead atoms. The Labute approximate surface area is 117 Å². The van der Waals surface area contributed by atoms with Crippen molar-refractivity contribution in [3.8, 4) is 0 Å². The lowest BCUT2D eigenvalue weighted by atomic mass is 9.94. The smallest absolute Gasteiger partial charge is 0.0337 e. The monoisotopic (exact) mass is 334 g/mol. The van der Waals surface area contributed by atoms with Crippen molar-refractivity contribution < 1.29 is 0 Å². The second kappa shape index (κ2) is 5.50. The molecule has 2 rings (SSSR count). The van der Waals surface area contributed by atoms with E-state index in [9.17, 15) is 0 Å². The zero-order valence-electron chi connectivity index (χ0n) is 9.86. The van der Waals surface area contributed by atoms with Gasteiger partial charge >= 0.3 is 0 Å². The molecule has 17 heavy (non-hydrogen) atoms. The zero-order chi connectivity index (χ0) is 12.3. The van der Waals surface area contributed by atoms with E-state index in [1.165, 1.54) is 16.7 Å². The van der Waals surface area contributed by atoms with E-state index in [4.69, 9.17) is 0 Å². The first-order chi connectivity index (χ1) is 8.20. The van der Waals surface area contributed by atoms with E-state index in [0.717, 1.165) is 5.57 Å². The number of hydrogen-bond donors (Lipinski definition) is 0. The van der Waals surface area contributed by atoms with E-state index in [1.54, 1.807) is 0 Å². The van der Waals surface area contributed by atoms with Crippen LogP contribution >= 0.6 is 22.6 Å². The maximum atomic E-state index is 4.23. The fourth-order valence-corrected chi connectivity index (χ4v) is 2.46. The fraction of sp³-hybridized carbons (Fsp3) is 0.125. The van der Waals surface area contributed by atoms with Gasteiger partial charge in [-0.1, -0.05) is 83.8 Å². The van der Waals surface area contributed by atoms with Gasteiger partial charge < -0.3 is 0 Å². The minimum Gasteiger partial charge on any atom is -0.0905 e. The fourth-order valence-electron chi connectivity index (χ4n) is 1.91. The first-order valence-electron chi connectivity index (χ1n) is 5.68. The van der Waals surface area contributed by atoms with Crippen molar-refractivity contribution in [2.75, 3.05) is 0 Å². The molecule has 0 N–H and O–H groups in total. The Balaban J connectivity index is 2.45. The maximum absolute atomic E-state index is 4.23. The largest absolute Gasteiger partial charge is 0.0905 e. The lowest BCUT2D eigenvalue weighted by Gasteiger charge is -2.14. The summed E-state index contributed by atoms with van der Waals surface area (Å²) in [6.45, 7) is 6.44. The Morgan fingerprint density at radius 2 is 1.59 bits per heavy atom.